The van der Waals surface area contributed by atoms with Crippen LogP contribution in [-0.4, -0.2) is 32.4 Å². The van der Waals surface area contributed by atoms with Crippen LogP contribution in [0.1, 0.15) is 11.6 Å². The molecule has 0 aliphatic rings. The van der Waals surface area contributed by atoms with Gasteiger partial charge in [0.2, 0.25) is 5.91 Å². The lowest BCUT2D eigenvalue weighted by molar-refractivity contribution is -0.119. The Labute approximate surface area is 144 Å². The van der Waals surface area contributed by atoms with E-state index in [4.69, 9.17) is 0 Å². The van der Waals surface area contributed by atoms with Gasteiger partial charge in [0.15, 0.2) is 0 Å². The molecule has 3 rings (SSSR count). The number of amides is 1. The summed E-state index contributed by atoms with van der Waals surface area (Å²) in [5.41, 5.74) is 1.80. The van der Waals surface area contributed by atoms with Gasteiger partial charge in [-0.25, -0.2) is 4.68 Å². The first-order valence-electron chi connectivity index (χ1n) is 7.47. The van der Waals surface area contributed by atoms with Crippen LogP contribution in [0.4, 0.5) is 5.69 Å². The van der Waals surface area contributed by atoms with E-state index in [1.54, 1.807) is 11.8 Å². The molecule has 0 aliphatic heterocycles. The number of anilines is 1. The third kappa shape index (κ3) is 3.99. The van der Waals surface area contributed by atoms with Crippen LogP contribution in [0.2, 0.25) is 0 Å². The summed E-state index contributed by atoms with van der Waals surface area (Å²) < 4.78 is 1.48. The number of hydrogen-bond acceptors (Lipinski definition) is 5. The zero-order chi connectivity index (χ0) is 16.8. The van der Waals surface area contributed by atoms with Crippen molar-refractivity contribution in [2.24, 2.45) is 0 Å². The average molecular weight is 339 g/mol. The zero-order valence-corrected chi connectivity index (χ0v) is 14.0. The zero-order valence-electron chi connectivity index (χ0n) is 13.2. The number of hydrogen-bond donors (Lipinski definition) is 1. The topological polar surface area (TPSA) is 72.7 Å². The van der Waals surface area contributed by atoms with Gasteiger partial charge in [-0.3, -0.25) is 4.79 Å². The van der Waals surface area contributed by atoms with Crippen molar-refractivity contribution in [2.75, 3.05) is 11.6 Å². The number of aromatic nitrogens is 4. The average Bonchev–Trinajstić information content (AvgIpc) is 3.15. The van der Waals surface area contributed by atoms with E-state index in [1.807, 2.05) is 60.9 Å². The Morgan fingerprint density at radius 3 is 2.54 bits per heavy atom. The highest BCUT2D eigenvalue weighted by molar-refractivity contribution is 7.98. The lowest BCUT2D eigenvalue weighted by Crippen LogP contribution is -2.28. The minimum Gasteiger partial charge on any atom is -0.324 e. The highest BCUT2D eigenvalue weighted by atomic mass is 32.2. The number of nitrogens with one attached hydrogen (secondary N) is 1. The molecule has 0 saturated carbocycles. The Kier molecular flexibility index (Phi) is 5.22. The van der Waals surface area contributed by atoms with Crippen LogP contribution in [0.15, 0.2) is 65.8 Å². The normalized spacial score (nSPS) is 11.9. The summed E-state index contributed by atoms with van der Waals surface area (Å²) in [6.45, 7) is 0. The molecule has 1 heterocycles. The minimum absolute atomic E-state index is 0.150. The molecule has 6 nitrogen and oxygen atoms in total. The van der Waals surface area contributed by atoms with Gasteiger partial charge >= 0.3 is 0 Å². The molecule has 0 fully saturated rings. The maximum atomic E-state index is 12.7. The molecular weight excluding hydrogens is 322 g/mol. The van der Waals surface area contributed by atoms with Crippen molar-refractivity contribution in [3.05, 3.63) is 66.5 Å². The van der Waals surface area contributed by atoms with Gasteiger partial charge in [-0.1, -0.05) is 30.3 Å². The quantitative estimate of drug-likeness (QED) is 0.699. The number of carbonyl (C=O) groups is 1. The third-order valence-corrected chi connectivity index (χ3v) is 4.36. The predicted molar refractivity (Wildman–Crippen MR) is 93.9 cm³/mol. The fraction of sp³-hybridized carbons (Fsp3) is 0.176. The first-order valence-corrected chi connectivity index (χ1v) is 8.70. The van der Waals surface area contributed by atoms with Crippen LogP contribution in [0.5, 0.6) is 0 Å². The van der Waals surface area contributed by atoms with Crippen molar-refractivity contribution in [3.8, 4) is 0 Å². The Morgan fingerprint density at radius 2 is 1.92 bits per heavy atom. The minimum atomic E-state index is -0.511. The molecule has 1 amide bonds. The van der Waals surface area contributed by atoms with Crippen molar-refractivity contribution in [1.82, 2.24) is 20.2 Å². The van der Waals surface area contributed by atoms with Crippen LogP contribution >= 0.6 is 11.8 Å². The van der Waals surface area contributed by atoms with Gasteiger partial charge in [0, 0.05) is 17.0 Å². The second kappa shape index (κ2) is 7.74. The van der Waals surface area contributed by atoms with E-state index < -0.39 is 6.04 Å². The van der Waals surface area contributed by atoms with Crippen LogP contribution < -0.4 is 5.32 Å². The summed E-state index contributed by atoms with van der Waals surface area (Å²) in [7, 11) is 0. The second-order valence-electron chi connectivity index (χ2n) is 5.21. The van der Waals surface area contributed by atoms with E-state index >= 15 is 0 Å². The Bertz CT molecular complexity index is 775. The summed E-state index contributed by atoms with van der Waals surface area (Å²) in [5.74, 6) is -0.150. The van der Waals surface area contributed by atoms with E-state index in [9.17, 15) is 4.79 Å². The van der Waals surface area contributed by atoms with Crippen LogP contribution in [0.25, 0.3) is 0 Å². The Hall–Kier alpha value is -2.67. The number of nitrogens with zero attached hydrogens (tertiary/aromatic N) is 4. The van der Waals surface area contributed by atoms with E-state index in [-0.39, 0.29) is 5.91 Å². The lowest BCUT2D eigenvalue weighted by Gasteiger charge is -2.16. The van der Waals surface area contributed by atoms with Crippen LogP contribution in [0.3, 0.4) is 0 Å². The molecule has 3 aromatic rings. The van der Waals surface area contributed by atoms with Crippen molar-refractivity contribution < 1.29 is 4.79 Å². The molecule has 0 spiro atoms. The van der Waals surface area contributed by atoms with Crippen molar-refractivity contribution in [1.29, 1.82) is 0 Å². The molecule has 7 heteroatoms. The molecule has 0 aliphatic carbocycles. The molecular formula is C17H17N5OS. The highest BCUT2D eigenvalue weighted by Gasteiger charge is 2.22. The van der Waals surface area contributed by atoms with E-state index in [2.05, 4.69) is 20.8 Å². The monoisotopic (exact) mass is 339 g/mol. The summed E-state index contributed by atoms with van der Waals surface area (Å²) >= 11 is 1.66. The molecule has 24 heavy (non-hydrogen) atoms. The molecule has 1 N–H and O–H groups in total. The van der Waals surface area contributed by atoms with Gasteiger partial charge in [0.1, 0.15) is 12.4 Å². The van der Waals surface area contributed by atoms with Crippen molar-refractivity contribution in [2.45, 2.75) is 17.4 Å². The highest BCUT2D eigenvalue weighted by Crippen LogP contribution is 2.20. The second-order valence-corrected chi connectivity index (χ2v) is 6.09. The fourth-order valence-corrected chi connectivity index (χ4v) is 2.76. The lowest BCUT2D eigenvalue weighted by atomic mass is 10.1. The van der Waals surface area contributed by atoms with E-state index in [0.29, 0.717) is 6.42 Å². The largest absolute Gasteiger partial charge is 0.324 e. The number of rotatable bonds is 6. The van der Waals surface area contributed by atoms with Gasteiger partial charge in [-0.2, -0.15) is 0 Å². The third-order valence-electron chi connectivity index (χ3n) is 3.62. The molecule has 0 saturated heterocycles. The number of tetrazole rings is 1. The summed E-state index contributed by atoms with van der Waals surface area (Å²) in [4.78, 5) is 13.9. The van der Waals surface area contributed by atoms with Gasteiger partial charge in [0.25, 0.3) is 0 Å². The van der Waals surface area contributed by atoms with Gasteiger partial charge < -0.3 is 5.32 Å². The maximum Gasteiger partial charge on any atom is 0.249 e. The number of thioether (sulfide) groups is 1. The maximum absolute atomic E-state index is 12.7. The van der Waals surface area contributed by atoms with E-state index in [0.717, 1.165) is 16.1 Å². The van der Waals surface area contributed by atoms with Crippen molar-refractivity contribution >= 4 is 23.4 Å². The fourth-order valence-electron chi connectivity index (χ4n) is 2.35. The molecule has 0 radical (unpaired) electrons. The number of carbonyl (C=O) groups excluding carboxylic acids is 1. The molecule has 1 unspecified atom stereocenters. The van der Waals surface area contributed by atoms with E-state index in [1.165, 1.54) is 11.0 Å². The Balaban J connectivity index is 1.78. The first-order chi connectivity index (χ1) is 11.8. The Morgan fingerprint density at radius 1 is 1.17 bits per heavy atom. The summed E-state index contributed by atoms with van der Waals surface area (Å²) in [5, 5.41) is 14.1. The predicted octanol–water partition coefficient (Wildman–Crippen LogP) is 2.82. The molecule has 122 valence electrons. The summed E-state index contributed by atoms with van der Waals surface area (Å²) in [6.07, 6.45) is 3.99. The smallest absolute Gasteiger partial charge is 0.249 e. The van der Waals surface area contributed by atoms with Crippen LogP contribution in [0, 0.1) is 0 Å². The SMILES string of the molecule is CSc1ccc(NC(=O)C(Cc2ccccc2)n2cnnn2)cc1. The van der Waals surface area contributed by atoms with Gasteiger partial charge in [0.05, 0.1) is 0 Å². The van der Waals surface area contributed by atoms with Crippen molar-refractivity contribution in [3.63, 3.8) is 0 Å². The molecule has 2 aromatic carbocycles. The molecule has 1 atom stereocenters. The van der Waals surface area contributed by atoms with Gasteiger partial charge in [-0.05, 0) is 46.5 Å². The van der Waals surface area contributed by atoms with Crippen LogP contribution in [-0.2, 0) is 11.2 Å². The first kappa shape index (κ1) is 16.2. The molecule has 1 aromatic heterocycles. The van der Waals surface area contributed by atoms with Gasteiger partial charge in [-0.15, -0.1) is 16.9 Å². The summed E-state index contributed by atoms with van der Waals surface area (Å²) in [6, 6.07) is 17.0. The molecule has 0 bridgehead atoms. The standard InChI is InChI=1S/C17H17N5OS/c1-24-15-9-7-14(8-10-15)19-17(23)16(22-12-18-20-21-22)11-13-5-3-2-4-6-13/h2-10,12,16H,11H2,1H3,(H,19,23). The number of benzene rings is 2.